The number of nitrogens with zero attached hydrogens (tertiary/aromatic N) is 3. The topological polar surface area (TPSA) is 47.4 Å². The van der Waals surface area contributed by atoms with E-state index in [2.05, 4.69) is 17.2 Å². The van der Waals surface area contributed by atoms with E-state index in [1.165, 1.54) is 5.56 Å². The third kappa shape index (κ3) is 4.11. The van der Waals surface area contributed by atoms with Crippen LogP contribution in [0.15, 0.2) is 60.9 Å². The summed E-state index contributed by atoms with van der Waals surface area (Å²) in [5.74, 6) is 0.680. The smallest absolute Gasteiger partial charge is 0.254 e. The molecule has 3 rings (SSSR count). The molecule has 0 bridgehead atoms. The van der Waals surface area contributed by atoms with Crippen molar-refractivity contribution in [3.05, 3.63) is 83.2 Å². The summed E-state index contributed by atoms with van der Waals surface area (Å²) in [5, 5.41) is 4.39. The highest BCUT2D eigenvalue weighted by molar-refractivity contribution is 5.94. The Bertz CT molecular complexity index is 887. The van der Waals surface area contributed by atoms with E-state index in [1.807, 2.05) is 54.3 Å². The second-order valence-electron chi connectivity index (χ2n) is 6.38. The Balaban J connectivity index is 1.66. The van der Waals surface area contributed by atoms with E-state index in [-0.39, 0.29) is 5.91 Å². The predicted molar refractivity (Wildman–Crippen MR) is 101 cm³/mol. The number of carbonyl (C=O) groups is 1. The molecule has 0 aliphatic carbocycles. The first kappa shape index (κ1) is 17.7. The third-order valence-corrected chi connectivity index (χ3v) is 4.30. The van der Waals surface area contributed by atoms with E-state index in [0.29, 0.717) is 18.7 Å². The van der Waals surface area contributed by atoms with Gasteiger partial charge in [-0.05, 0) is 30.2 Å². The van der Waals surface area contributed by atoms with Crippen LogP contribution in [0.2, 0.25) is 0 Å². The Morgan fingerprint density at radius 2 is 1.92 bits per heavy atom. The van der Waals surface area contributed by atoms with Crippen LogP contribution in [-0.4, -0.2) is 34.7 Å². The molecule has 2 aromatic carbocycles. The lowest BCUT2D eigenvalue weighted by Gasteiger charge is -2.17. The van der Waals surface area contributed by atoms with Gasteiger partial charge >= 0.3 is 0 Å². The number of hydrogen-bond acceptors (Lipinski definition) is 3. The van der Waals surface area contributed by atoms with E-state index >= 15 is 0 Å². The van der Waals surface area contributed by atoms with Crippen LogP contribution >= 0.6 is 0 Å². The molecule has 5 heteroatoms. The lowest BCUT2D eigenvalue weighted by atomic mass is 10.1. The zero-order valence-electron chi connectivity index (χ0n) is 15.3. The fraction of sp³-hybridized carbons (Fsp3) is 0.238. The van der Waals surface area contributed by atoms with Crippen LogP contribution < -0.4 is 4.74 Å². The minimum absolute atomic E-state index is 0.0425. The number of aromatic nitrogens is 2. The average molecular weight is 349 g/mol. The first-order chi connectivity index (χ1) is 12.6. The molecule has 0 unspecified atom stereocenters. The molecule has 1 heterocycles. The van der Waals surface area contributed by atoms with Crippen molar-refractivity contribution in [3.8, 4) is 5.75 Å². The highest BCUT2D eigenvalue weighted by Gasteiger charge is 2.14. The summed E-state index contributed by atoms with van der Waals surface area (Å²) in [7, 11) is 3.41. The van der Waals surface area contributed by atoms with Gasteiger partial charge in [-0.25, -0.2) is 0 Å². The zero-order valence-corrected chi connectivity index (χ0v) is 15.3. The number of ether oxygens (including phenoxy) is 1. The van der Waals surface area contributed by atoms with Gasteiger partial charge in [-0.3, -0.25) is 9.48 Å². The highest BCUT2D eigenvalue weighted by atomic mass is 16.5. The fourth-order valence-electron chi connectivity index (χ4n) is 2.86. The Kier molecular flexibility index (Phi) is 5.37. The van der Waals surface area contributed by atoms with Gasteiger partial charge in [0.05, 0.1) is 19.9 Å². The number of carbonyl (C=O) groups excluding carboxylic acids is 1. The lowest BCUT2D eigenvalue weighted by molar-refractivity contribution is 0.0784. The maximum absolute atomic E-state index is 12.7. The maximum Gasteiger partial charge on any atom is 0.254 e. The minimum atomic E-state index is -0.0425. The lowest BCUT2D eigenvalue weighted by Crippen LogP contribution is -2.26. The summed E-state index contributed by atoms with van der Waals surface area (Å²) in [4.78, 5) is 14.4. The first-order valence-corrected chi connectivity index (χ1v) is 8.52. The van der Waals surface area contributed by atoms with Crippen molar-refractivity contribution in [2.75, 3.05) is 14.2 Å². The van der Waals surface area contributed by atoms with Crippen molar-refractivity contribution in [2.24, 2.45) is 0 Å². The molecular weight excluding hydrogens is 326 g/mol. The van der Waals surface area contributed by atoms with Gasteiger partial charge in [0.15, 0.2) is 0 Å². The van der Waals surface area contributed by atoms with Gasteiger partial charge in [0.1, 0.15) is 5.75 Å². The van der Waals surface area contributed by atoms with Crippen molar-refractivity contribution < 1.29 is 9.53 Å². The fourth-order valence-corrected chi connectivity index (χ4v) is 2.86. The molecule has 3 aromatic rings. The number of methoxy groups -OCH3 is 1. The molecule has 0 aliphatic heterocycles. The van der Waals surface area contributed by atoms with Crippen LogP contribution in [0.25, 0.3) is 0 Å². The summed E-state index contributed by atoms with van der Waals surface area (Å²) in [6.07, 6.45) is 3.79. The van der Waals surface area contributed by atoms with E-state index in [4.69, 9.17) is 4.74 Å². The average Bonchev–Trinajstić information content (AvgIpc) is 3.09. The van der Waals surface area contributed by atoms with Crippen LogP contribution in [0.4, 0.5) is 0 Å². The van der Waals surface area contributed by atoms with Crippen molar-refractivity contribution in [2.45, 2.75) is 20.0 Å². The van der Waals surface area contributed by atoms with Gasteiger partial charge in [-0.15, -0.1) is 0 Å². The van der Waals surface area contributed by atoms with Crippen molar-refractivity contribution in [3.63, 3.8) is 0 Å². The summed E-state index contributed by atoms with van der Waals surface area (Å²) in [6, 6.07) is 15.7. The molecule has 1 aromatic heterocycles. The molecule has 5 nitrogen and oxygen atoms in total. The largest absolute Gasteiger partial charge is 0.496 e. The quantitative estimate of drug-likeness (QED) is 0.684. The summed E-state index contributed by atoms with van der Waals surface area (Å²) in [5.41, 5.74) is 3.81. The number of amides is 1. The highest BCUT2D eigenvalue weighted by Crippen LogP contribution is 2.20. The zero-order chi connectivity index (χ0) is 18.5. The summed E-state index contributed by atoms with van der Waals surface area (Å²) >= 11 is 0. The second-order valence-corrected chi connectivity index (χ2v) is 6.38. The minimum Gasteiger partial charge on any atom is -0.496 e. The maximum atomic E-state index is 12.7. The Morgan fingerprint density at radius 3 is 2.65 bits per heavy atom. The molecule has 0 saturated carbocycles. The Hall–Kier alpha value is -3.08. The molecule has 134 valence electrons. The Morgan fingerprint density at radius 1 is 1.15 bits per heavy atom. The van der Waals surface area contributed by atoms with Crippen molar-refractivity contribution in [1.82, 2.24) is 14.7 Å². The number of hydrogen-bond donors (Lipinski definition) is 0. The van der Waals surface area contributed by atoms with Gasteiger partial charge < -0.3 is 9.64 Å². The van der Waals surface area contributed by atoms with E-state index in [9.17, 15) is 4.79 Å². The second kappa shape index (κ2) is 7.87. The van der Waals surface area contributed by atoms with Crippen LogP contribution in [0.3, 0.4) is 0 Å². The van der Waals surface area contributed by atoms with Gasteiger partial charge in [0.25, 0.3) is 5.91 Å². The Labute approximate surface area is 153 Å². The van der Waals surface area contributed by atoms with Gasteiger partial charge in [0.2, 0.25) is 0 Å². The molecule has 0 N–H and O–H groups in total. The molecule has 1 amide bonds. The number of rotatable bonds is 6. The standard InChI is InChI=1S/C21H23N3O2/c1-16-9-10-19(11-20(16)26-3)21(25)23(2)13-18-12-22-24(15-18)14-17-7-5-4-6-8-17/h4-12,15H,13-14H2,1-3H3. The molecule has 0 fully saturated rings. The van der Waals surface area contributed by atoms with Gasteiger partial charge in [-0.1, -0.05) is 36.4 Å². The molecule has 0 spiro atoms. The van der Waals surface area contributed by atoms with Crippen LogP contribution in [0, 0.1) is 6.92 Å². The monoisotopic (exact) mass is 349 g/mol. The SMILES string of the molecule is COc1cc(C(=O)N(C)Cc2cnn(Cc3ccccc3)c2)ccc1C. The van der Waals surface area contributed by atoms with Crippen LogP contribution in [-0.2, 0) is 13.1 Å². The van der Waals surface area contributed by atoms with Gasteiger partial charge in [-0.2, -0.15) is 5.10 Å². The van der Waals surface area contributed by atoms with E-state index in [0.717, 1.165) is 16.9 Å². The van der Waals surface area contributed by atoms with Gasteiger partial charge in [0, 0.05) is 30.9 Å². The molecule has 0 atom stereocenters. The summed E-state index contributed by atoms with van der Waals surface area (Å²) in [6.45, 7) is 3.18. The molecule has 0 radical (unpaired) electrons. The molecule has 0 aliphatic rings. The third-order valence-electron chi connectivity index (χ3n) is 4.30. The number of benzene rings is 2. The normalized spacial score (nSPS) is 10.6. The van der Waals surface area contributed by atoms with E-state index in [1.54, 1.807) is 25.1 Å². The predicted octanol–water partition coefficient (Wildman–Crippen LogP) is 3.52. The van der Waals surface area contributed by atoms with Crippen LogP contribution in [0.5, 0.6) is 5.75 Å². The molecule has 0 saturated heterocycles. The van der Waals surface area contributed by atoms with Crippen molar-refractivity contribution >= 4 is 5.91 Å². The van der Waals surface area contributed by atoms with E-state index < -0.39 is 0 Å². The summed E-state index contributed by atoms with van der Waals surface area (Å²) < 4.78 is 7.20. The first-order valence-electron chi connectivity index (χ1n) is 8.52. The molecule has 26 heavy (non-hydrogen) atoms. The van der Waals surface area contributed by atoms with Crippen LogP contribution in [0.1, 0.15) is 27.0 Å². The van der Waals surface area contributed by atoms with Crippen molar-refractivity contribution in [1.29, 1.82) is 0 Å². The number of aryl methyl sites for hydroxylation is 1. The molecular formula is C21H23N3O2.